The van der Waals surface area contributed by atoms with Crippen LogP contribution in [-0.4, -0.2) is 16.7 Å². The first kappa shape index (κ1) is 21.9. The number of nitro benzene ring substituents is 1. The molecule has 0 saturated carbocycles. The summed E-state index contributed by atoms with van der Waals surface area (Å²) in [6.45, 7) is 0. The van der Waals surface area contributed by atoms with Crippen LogP contribution in [0.4, 0.5) is 5.69 Å². The standard InChI is InChI=1S/C26H13Br2NO6/c27-21-19(14-8-2-5-11-17(14)29(32)33)23(30)20-24(22(21)28)34-18-12-6-4-10-16(18)26(20)15-9-3-1-7-13(15)25(31)35-26/h1-12,20H. The van der Waals surface area contributed by atoms with E-state index in [0.29, 0.717) is 31.4 Å². The van der Waals surface area contributed by atoms with E-state index in [2.05, 4.69) is 31.9 Å². The largest absolute Gasteiger partial charge is 0.459 e. The van der Waals surface area contributed by atoms with E-state index in [9.17, 15) is 19.7 Å². The van der Waals surface area contributed by atoms with Crippen LogP contribution in [0.3, 0.4) is 0 Å². The maximum Gasteiger partial charge on any atom is 0.339 e. The van der Waals surface area contributed by atoms with Crippen LogP contribution in [0.15, 0.2) is 87.5 Å². The lowest BCUT2D eigenvalue weighted by atomic mass is 9.68. The molecule has 3 aliphatic rings. The fraction of sp³-hybridized carbons (Fsp3) is 0.0769. The summed E-state index contributed by atoms with van der Waals surface area (Å²) in [6, 6.07) is 20.0. The predicted octanol–water partition coefficient (Wildman–Crippen LogP) is 6.01. The first-order chi connectivity index (χ1) is 16.9. The summed E-state index contributed by atoms with van der Waals surface area (Å²) >= 11 is 7.01. The first-order valence-corrected chi connectivity index (χ1v) is 12.1. The van der Waals surface area contributed by atoms with Gasteiger partial charge in [-0.25, -0.2) is 4.79 Å². The number of nitro groups is 1. The average Bonchev–Trinajstić information content (AvgIpc) is 3.15. The van der Waals surface area contributed by atoms with Gasteiger partial charge < -0.3 is 9.47 Å². The number of esters is 1. The average molecular weight is 595 g/mol. The third-order valence-corrected chi connectivity index (χ3v) is 8.60. The Bertz CT molecular complexity index is 1560. The second-order valence-electron chi connectivity index (χ2n) is 8.21. The molecule has 1 aliphatic carbocycles. The van der Waals surface area contributed by atoms with Gasteiger partial charge in [0.05, 0.1) is 20.5 Å². The van der Waals surface area contributed by atoms with Crippen LogP contribution in [0.2, 0.25) is 0 Å². The quantitative estimate of drug-likeness (QED) is 0.205. The van der Waals surface area contributed by atoms with Crippen LogP contribution < -0.4 is 4.74 Å². The van der Waals surface area contributed by atoms with Gasteiger partial charge in [-0.3, -0.25) is 14.9 Å². The van der Waals surface area contributed by atoms with Gasteiger partial charge in [0, 0.05) is 27.2 Å². The zero-order chi connectivity index (χ0) is 24.5. The molecule has 7 nitrogen and oxygen atoms in total. The number of carbonyl (C=O) groups excluding carboxylic acids is 2. The number of halogens is 2. The molecular weight excluding hydrogens is 582 g/mol. The van der Waals surface area contributed by atoms with E-state index in [1.165, 1.54) is 18.2 Å². The minimum Gasteiger partial charge on any atom is -0.459 e. The fourth-order valence-corrected chi connectivity index (χ4v) is 6.19. The normalized spacial score (nSPS) is 22.4. The highest BCUT2D eigenvalue weighted by molar-refractivity contribution is 9.15. The predicted molar refractivity (Wildman–Crippen MR) is 133 cm³/mol. The summed E-state index contributed by atoms with van der Waals surface area (Å²) in [5.41, 5.74) is -0.0498. The lowest BCUT2D eigenvalue weighted by Crippen LogP contribution is -2.48. The Kier molecular flexibility index (Phi) is 4.84. The van der Waals surface area contributed by atoms with Crippen molar-refractivity contribution in [2.75, 3.05) is 0 Å². The van der Waals surface area contributed by atoms with Crippen LogP contribution in [0.25, 0.3) is 5.57 Å². The van der Waals surface area contributed by atoms with Crippen molar-refractivity contribution in [3.05, 3.63) is 120 Å². The van der Waals surface area contributed by atoms with Crippen LogP contribution in [0, 0.1) is 16.0 Å². The molecule has 35 heavy (non-hydrogen) atoms. The lowest BCUT2D eigenvalue weighted by molar-refractivity contribution is -0.385. The van der Waals surface area contributed by atoms with E-state index >= 15 is 0 Å². The summed E-state index contributed by atoms with van der Waals surface area (Å²) in [4.78, 5) is 38.7. The molecule has 0 bridgehead atoms. The van der Waals surface area contributed by atoms with E-state index in [-0.39, 0.29) is 22.6 Å². The molecule has 172 valence electrons. The van der Waals surface area contributed by atoms with Crippen molar-refractivity contribution in [1.29, 1.82) is 0 Å². The molecule has 2 unspecified atom stereocenters. The molecule has 3 aromatic carbocycles. The van der Waals surface area contributed by atoms with Crippen molar-refractivity contribution in [2.45, 2.75) is 5.60 Å². The summed E-state index contributed by atoms with van der Waals surface area (Å²) in [5.74, 6) is -1.44. The number of hydrogen-bond donors (Lipinski definition) is 0. The molecule has 2 aliphatic heterocycles. The van der Waals surface area contributed by atoms with Gasteiger partial charge in [0.15, 0.2) is 11.4 Å². The van der Waals surface area contributed by atoms with Gasteiger partial charge in [0.2, 0.25) is 0 Å². The van der Waals surface area contributed by atoms with E-state index in [1.54, 1.807) is 54.6 Å². The number of hydrogen-bond acceptors (Lipinski definition) is 6. The molecule has 6 rings (SSSR count). The Hall–Kier alpha value is -3.56. The number of Topliss-reactive ketones (excluding diaryl/α,β-unsaturated/α-hetero) is 1. The number of para-hydroxylation sites is 2. The molecule has 1 spiro atoms. The zero-order valence-electron chi connectivity index (χ0n) is 17.7. The number of fused-ring (bicyclic) bond motifs is 6. The van der Waals surface area contributed by atoms with Crippen molar-refractivity contribution >= 4 is 54.9 Å². The number of benzene rings is 3. The number of ether oxygens (including phenoxy) is 2. The Morgan fingerprint density at radius 1 is 0.829 bits per heavy atom. The molecule has 9 heteroatoms. The molecular formula is C26H13Br2NO6. The molecule has 0 saturated heterocycles. The van der Waals surface area contributed by atoms with Crippen molar-refractivity contribution in [1.82, 2.24) is 0 Å². The Morgan fingerprint density at radius 2 is 1.46 bits per heavy atom. The number of carbonyl (C=O) groups is 2. The van der Waals surface area contributed by atoms with Gasteiger partial charge in [-0.1, -0.05) is 48.5 Å². The number of rotatable bonds is 2. The van der Waals surface area contributed by atoms with E-state index in [4.69, 9.17) is 9.47 Å². The van der Waals surface area contributed by atoms with Gasteiger partial charge in [-0.15, -0.1) is 0 Å². The summed E-state index contributed by atoms with van der Waals surface area (Å²) in [5, 5.41) is 11.8. The van der Waals surface area contributed by atoms with Gasteiger partial charge in [0.25, 0.3) is 5.69 Å². The van der Waals surface area contributed by atoms with Crippen LogP contribution >= 0.6 is 31.9 Å². The monoisotopic (exact) mass is 593 g/mol. The van der Waals surface area contributed by atoms with Crippen molar-refractivity contribution in [3.8, 4) is 5.75 Å². The highest BCUT2D eigenvalue weighted by Crippen LogP contribution is 2.60. The Balaban J connectivity index is 1.69. The molecule has 0 fully saturated rings. The molecule has 0 amide bonds. The maximum absolute atomic E-state index is 14.3. The topological polar surface area (TPSA) is 95.7 Å². The van der Waals surface area contributed by atoms with Gasteiger partial charge in [0.1, 0.15) is 17.4 Å². The van der Waals surface area contributed by atoms with E-state index in [0.717, 1.165) is 0 Å². The van der Waals surface area contributed by atoms with Crippen molar-refractivity contribution in [3.63, 3.8) is 0 Å². The van der Waals surface area contributed by atoms with Crippen LogP contribution in [0.5, 0.6) is 5.75 Å². The smallest absolute Gasteiger partial charge is 0.339 e. The highest BCUT2D eigenvalue weighted by Gasteiger charge is 2.62. The molecule has 2 atom stereocenters. The van der Waals surface area contributed by atoms with E-state index < -0.39 is 28.2 Å². The molecule has 0 N–H and O–H groups in total. The second kappa shape index (κ2) is 7.73. The summed E-state index contributed by atoms with van der Waals surface area (Å²) in [7, 11) is 0. The van der Waals surface area contributed by atoms with Gasteiger partial charge in [-0.2, -0.15) is 0 Å². The summed E-state index contributed by atoms with van der Waals surface area (Å²) in [6.07, 6.45) is 0. The number of allylic oxidation sites excluding steroid dienone is 3. The second-order valence-corrected chi connectivity index (χ2v) is 9.79. The van der Waals surface area contributed by atoms with Crippen molar-refractivity contribution in [2.24, 2.45) is 5.92 Å². The lowest BCUT2D eigenvalue weighted by Gasteiger charge is -2.43. The summed E-state index contributed by atoms with van der Waals surface area (Å²) < 4.78 is 13.0. The zero-order valence-corrected chi connectivity index (χ0v) is 20.8. The molecule has 3 aromatic rings. The SMILES string of the molecule is O=C1OC2(c3ccccc3OC3=C(Br)C(Br)=C(c4ccccc4[N+](=O)[O-])C(=O)C32)c2ccccc21. The van der Waals surface area contributed by atoms with Crippen LogP contribution in [-0.2, 0) is 15.1 Å². The minimum atomic E-state index is -1.50. The Labute approximate surface area is 215 Å². The van der Waals surface area contributed by atoms with Crippen molar-refractivity contribution < 1.29 is 24.0 Å². The van der Waals surface area contributed by atoms with E-state index in [1.807, 2.05) is 0 Å². The minimum absolute atomic E-state index is 0.0979. The Morgan fingerprint density at radius 3 is 2.20 bits per heavy atom. The van der Waals surface area contributed by atoms with Gasteiger partial charge in [-0.05, 0) is 50.1 Å². The third-order valence-electron chi connectivity index (χ3n) is 6.48. The molecule has 0 aromatic heterocycles. The number of nitrogens with zero attached hydrogens (tertiary/aromatic N) is 1. The molecule has 0 radical (unpaired) electrons. The van der Waals surface area contributed by atoms with Gasteiger partial charge >= 0.3 is 5.97 Å². The third kappa shape index (κ3) is 2.88. The fourth-order valence-electron chi connectivity index (χ4n) is 5.08. The first-order valence-electron chi connectivity index (χ1n) is 10.5. The number of ketones is 1. The highest BCUT2D eigenvalue weighted by atomic mass is 79.9. The molecule has 2 heterocycles. The van der Waals surface area contributed by atoms with Crippen LogP contribution in [0.1, 0.15) is 27.0 Å². The maximum atomic E-state index is 14.3.